The van der Waals surface area contributed by atoms with Crippen molar-refractivity contribution in [2.75, 3.05) is 6.54 Å². The normalized spacial score (nSPS) is 10.5. The minimum absolute atomic E-state index is 0.0375. The quantitative estimate of drug-likeness (QED) is 0.704. The molecule has 0 unspecified atom stereocenters. The van der Waals surface area contributed by atoms with E-state index >= 15 is 0 Å². The molecule has 1 rings (SSSR count). The van der Waals surface area contributed by atoms with E-state index in [2.05, 4.69) is 0 Å². The van der Waals surface area contributed by atoms with Gasteiger partial charge < -0.3 is 10.8 Å². The van der Waals surface area contributed by atoms with Crippen LogP contribution in [0.25, 0.3) is 0 Å². The Morgan fingerprint density at radius 3 is 2.71 bits per heavy atom. The largest absolute Gasteiger partial charge is 0.392 e. The van der Waals surface area contributed by atoms with Crippen molar-refractivity contribution in [2.24, 2.45) is 5.73 Å². The number of aliphatic hydroxyl groups excluding tert-OH is 1. The third-order valence-corrected chi connectivity index (χ3v) is 2.19. The summed E-state index contributed by atoms with van der Waals surface area (Å²) in [6.45, 7) is 0.603. The highest BCUT2D eigenvalue weighted by Gasteiger charge is 2.02. The van der Waals surface area contributed by atoms with E-state index in [1.165, 1.54) is 6.07 Å². The molecule has 0 saturated heterocycles. The van der Waals surface area contributed by atoms with Gasteiger partial charge in [0.25, 0.3) is 0 Å². The van der Waals surface area contributed by atoms with Gasteiger partial charge in [-0.1, -0.05) is 12.1 Å². The van der Waals surface area contributed by atoms with E-state index in [-0.39, 0.29) is 12.4 Å². The van der Waals surface area contributed by atoms with Gasteiger partial charge in [0.2, 0.25) is 0 Å². The molecule has 0 radical (unpaired) electrons. The van der Waals surface area contributed by atoms with Crippen LogP contribution in [0.15, 0.2) is 18.2 Å². The predicted molar refractivity (Wildman–Crippen MR) is 54.3 cm³/mol. The monoisotopic (exact) mass is 197 g/mol. The summed E-state index contributed by atoms with van der Waals surface area (Å²) in [5, 5.41) is 8.88. The van der Waals surface area contributed by atoms with Crippen molar-refractivity contribution in [3.63, 3.8) is 0 Å². The first-order valence-electron chi connectivity index (χ1n) is 4.86. The molecular weight excluding hydrogens is 181 g/mol. The third-order valence-electron chi connectivity index (χ3n) is 2.19. The number of rotatable bonds is 5. The first-order chi connectivity index (χ1) is 6.77. The van der Waals surface area contributed by atoms with Gasteiger partial charge in [-0.25, -0.2) is 4.39 Å². The molecule has 1 aromatic carbocycles. The van der Waals surface area contributed by atoms with E-state index in [1.54, 1.807) is 12.1 Å². The maximum atomic E-state index is 13.2. The summed E-state index contributed by atoms with van der Waals surface area (Å²) in [5.74, 6) is -0.195. The first-order valence-corrected chi connectivity index (χ1v) is 4.86. The third kappa shape index (κ3) is 3.09. The Hall–Kier alpha value is -0.930. The summed E-state index contributed by atoms with van der Waals surface area (Å²) in [4.78, 5) is 0. The molecule has 0 fully saturated rings. The van der Waals surface area contributed by atoms with Crippen LogP contribution in [0.5, 0.6) is 0 Å². The van der Waals surface area contributed by atoms with Gasteiger partial charge in [0.1, 0.15) is 5.82 Å². The van der Waals surface area contributed by atoms with Gasteiger partial charge in [0, 0.05) is 0 Å². The fourth-order valence-corrected chi connectivity index (χ4v) is 1.38. The molecule has 78 valence electrons. The van der Waals surface area contributed by atoms with Crippen LogP contribution < -0.4 is 5.73 Å². The summed E-state index contributed by atoms with van der Waals surface area (Å²) in [7, 11) is 0. The van der Waals surface area contributed by atoms with E-state index in [0.29, 0.717) is 18.5 Å². The van der Waals surface area contributed by atoms with Crippen molar-refractivity contribution < 1.29 is 9.50 Å². The van der Waals surface area contributed by atoms with Crippen LogP contribution in [-0.2, 0) is 13.0 Å². The summed E-state index contributed by atoms with van der Waals surface area (Å²) < 4.78 is 13.2. The number of nitrogens with two attached hydrogens (primary N) is 1. The van der Waals surface area contributed by atoms with E-state index in [0.717, 1.165) is 18.4 Å². The second kappa shape index (κ2) is 5.73. The Morgan fingerprint density at radius 2 is 2.07 bits per heavy atom. The summed E-state index contributed by atoms with van der Waals surface area (Å²) in [5.41, 5.74) is 6.78. The van der Waals surface area contributed by atoms with Crippen molar-refractivity contribution in [2.45, 2.75) is 25.9 Å². The van der Waals surface area contributed by atoms with E-state index in [4.69, 9.17) is 10.8 Å². The Bertz CT molecular complexity index is 289. The molecule has 0 aliphatic rings. The standard InChI is InChI=1S/C11H16FNO/c12-11-5-4-9(8-14)7-10(11)3-1-2-6-13/h4-5,7,14H,1-3,6,8,13H2. The van der Waals surface area contributed by atoms with Crippen LogP contribution in [0.1, 0.15) is 24.0 Å². The minimum atomic E-state index is -0.195. The Morgan fingerprint density at radius 1 is 1.29 bits per heavy atom. The molecule has 2 nitrogen and oxygen atoms in total. The molecule has 0 bridgehead atoms. The van der Waals surface area contributed by atoms with Crippen molar-refractivity contribution in [3.8, 4) is 0 Å². The average Bonchev–Trinajstić information content (AvgIpc) is 2.21. The molecule has 0 aliphatic carbocycles. The molecule has 1 aromatic rings. The highest BCUT2D eigenvalue weighted by molar-refractivity contribution is 5.24. The Kier molecular flexibility index (Phi) is 4.56. The lowest BCUT2D eigenvalue weighted by Gasteiger charge is -2.04. The molecule has 3 N–H and O–H groups in total. The number of benzene rings is 1. The maximum Gasteiger partial charge on any atom is 0.126 e. The van der Waals surface area contributed by atoms with Crippen molar-refractivity contribution in [1.82, 2.24) is 0 Å². The van der Waals surface area contributed by atoms with Gasteiger partial charge in [-0.3, -0.25) is 0 Å². The zero-order valence-electron chi connectivity index (χ0n) is 8.17. The molecule has 0 amide bonds. The first kappa shape index (κ1) is 11.1. The topological polar surface area (TPSA) is 46.2 Å². The molecule has 0 heterocycles. The molecule has 0 spiro atoms. The average molecular weight is 197 g/mol. The number of hydrogen-bond donors (Lipinski definition) is 2. The van der Waals surface area contributed by atoms with Crippen LogP contribution in [0.4, 0.5) is 4.39 Å². The van der Waals surface area contributed by atoms with Gasteiger partial charge in [-0.05, 0) is 43.0 Å². The molecular formula is C11H16FNO. The zero-order chi connectivity index (χ0) is 10.4. The van der Waals surface area contributed by atoms with Gasteiger partial charge in [0.15, 0.2) is 0 Å². The number of aryl methyl sites for hydroxylation is 1. The zero-order valence-corrected chi connectivity index (χ0v) is 8.17. The SMILES string of the molecule is NCCCCc1cc(CO)ccc1F. The number of halogens is 1. The predicted octanol–water partition coefficient (Wildman–Crippen LogP) is 1.60. The Labute approximate surface area is 83.6 Å². The van der Waals surface area contributed by atoms with Gasteiger partial charge in [-0.2, -0.15) is 0 Å². The van der Waals surface area contributed by atoms with Crippen LogP contribution in [0, 0.1) is 5.82 Å². The second-order valence-corrected chi connectivity index (χ2v) is 3.33. The van der Waals surface area contributed by atoms with E-state index in [9.17, 15) is 4.39 Å². The van der Waals surface area contributed by atoms with Crippen molar-refractivity contribution in [3.05, 3.63) is 35.1 Å². The smallest absolute Gasteiger partial charge is 0.126 e. The highest BCUT2D eigenvalue weighted by Crippen LogP contribution is 2.13. The van der Waals surface area contributed by atoms with E-state index in [1.807, 2.05) is 0 Å². The van der Waals surface area contributed by atoms with Crippen LogP contribution in [0.3, 0.4) is 0 Å². The number of aliphatic hydroxyl groups is 1. The molecule has 0 atom stereocenters. The lowest BCUT2D eigenvalue weighted by atomic mass is 10.0. The Balaban J connectivity index is 2.64. The second-order valence-electron chi connectivity index (χ2n) is 3.33. The van der Waals surface area contributed by atoms with Crippen LogP contribution >= 0.6 is 0 Å². The fraction of sp³-hybridized carbons (Fsp3) is 0.455. The molecule has 0 saturated carbocycles. The van der Waals surface area contributed by atoms with Crippen LogP contribution in [-0.4, -0.2) is 11.7 Å². The fourth-order valence-electron chi connectivity index (χ4n) is 1.38. The van der Waals surface area contributed by atoms with Gasteiger partial charge in [-0.15, -0.1) is 0 Å². The minimum Gasteiger partial charge on any atom is -0.392 e. The van der Waals surface area contributed by atoms with Crippen molar-refractivity contribution in [1.29, 1.82) is 0 Å². The summed E-state index contributed by atoms with van der Waals surface area (Å²) in [6.07, 6.45) is 2.49. The van der Waals surface area contributed by atoms with E-state index < -0.39 is 0 Å². The van der Waals surface area contributed by atoms with Crippen molar-refractivity contribution >= 4 is 0 Å². The molecule has 0 aliphatic heterocycles. The molecule has 14 heavy (non-hydrogen) atoms. The lowest BCUT2D eigenvalue weighted by Crippen LogP contribution is -2.00. The van der Waals surface area contributed by atoms with Gasteiger partial charge in [0.05, 0.1) is 6.61 Å². The number of unbranched alkanes of at least 4 members (excludes halogenated alkanes) is 1. The summed E-state index contributed by atoms with van der Waals surface area (Å²) >= 11 is 0. The summed E-state index contributed by atoms with van der Waals surface area (Å²) in [6, 6.07) is 4.72. The molecule has 0 aromatic heterocycles. The highest BCUT2D eigenvalue weighted by atomic mass is 19.1. The lowest BCUT2D eigenvalue weighted by molar-refractivity contribution is 0.281. The van der Waals surface area contributed by atoms with Crippen LogP contribution in [0.2, 0.25) is 0 Å². The number of hydrogen-bond acceptors (Lipinski definition) is 2. The molecule has 3 heteroatoms. The van der Waals surface area contributed by atoms with Gasteiger partial charge >= 0.3 is 0 Å². The maximum absolute atomic E-state index is 13.2.